The summed E-state index contributed by atoms with van der Waals surface area (Å²) in [6.45, 7) is 0.432. The van der Waals surface area contributed by atoms with Crippen LogP contribution in [0.3, 0.4) is 0 Å². The van der Waals surface area contributed by atoms with Crippen molar-refractivity contribution in [3.05, 3.63) is 59.7 Å². The number of carbonyl (C=O) groups excluding carboxylic acids is 2. The number of ether oxygens (including phenoxy) is 1. The van der Waals surface area contributed by atoms with Crippen LogP contribution in [0.1, 0.15) is 42.7 Å². The van der Waals surface area contributed by atoms with E-state index in [-0.39, 0.29) is 18.9 Å². The van der Waals surface area contributed by atoms with E-state index in [0.29, 0.717) is 19.4 Å². The number of hydrogen-bond donors (Lipinski definition) is 2. The van der Waals surface area contributed by atoms with Crippen molar-refractivity contribution in [2.45, 2.75) is 43.7 Å². The lowest BCUT2D eigenvalue weighted by atomic mass is 9.98. The lowest BCUT2D eigenvalue weighted by molar-refractivity contribution is -0.152. The smallest absolute Gasteiger partial charge is 0.407 e. The zero-order chi connectivity index (χ0) is 23.4. The second-order valence-electron chi connectivity index (χ2n) is 8.31. The number of hydrogen-bond acceptors (Lipinski definition) is 4. The zero-order valence-electron chi connectivity index (χ0n) is 18.2. The second-order valence-corrected chi connectivity index (χ2v) is 8.31. The molecule has 1 unspecified atom stereocenters. The summed E-state index contributed by atoms with van der Waals surface area (Å²) in [6.07, 6.45) is 6.44. The minimum atomic E-state index is -1.05. The minimum absolute atomic E-state index is 0.0497. The number of nitrogens with one attached hydrogen (secondary N) is 1. The predicted octanol–water partition coefficient (Wildman–Crippen LogP) is 3.38. The third kappa shape index (κ3) is 4.56. The number of nitrogens with zero attached hydrogens (tertiary/aromatic N) is 1. The van der Waals surface area contributed by atoms with E-state index in [0.717, 1.165) is 28.7 Å². The number of terminal acetylenes is 1. The molecule has 2 aromatic rings. The van der Waals surface area contributed by atoms with E-state index in [1.807, 2.05) is 48.5 Å². The van der Waals surface area contributed by atoms with Crippen LogP contribution in [-0.2, 0) is 14.3 Å². The van der Waals surface area contributed by atoms with Crippen molar-refractivity contribution in [1.82, 2.24) is 10.2 Å². The van der Waals surface area contributed by atoms with Crippen molar-refractivity contribution in [2.24, 2.45) is 0 Å². The van der Waals surface area contributed by atoms with Crippen LogP contribution in [0.2, 0.25) is 0 Å². The van der Waals surface area contributed by atoms with Crippen LogP contribution in [0.25, 0.3) is 11.1 Å². The first-order valence-corrected chi connectivity index (χ1v) is 11.1. The number of likely N-dealkylation sites (tertiary alicyclic amines) is 1. The van der Waals surface area contributed by atoms with Gasteiger partial charge >= 0.3 is 12.1 Å². The van der Waals surface area contributed by atoms with Crippen molar-refractivity contribution >= 4 is 18.0 Å². The van der Waals surface area contributed by atoms with Crippen LogP contribution in [0, 0.1) is 12.3 Å². The van der Waals surface area contributed by atoms with E-state index in [9.17, 15) is 19.5 Å². The fourth-order valence-corrected chi connectivity index (χ4v) is 4.75. The number of carboxylic acid groups (broad SMARTS) is 1. The van der Waals surface area contributed by atoms with Crippen molar-refractivity contribution in [3.63, 3.8) is 0 Å². The van der Waals surface area contributed by atoms with Crippen molar-refractivity contribution in [2.75, 3.05) is 13.2 Å². The van der Waals surface area contributed by atoms with Crippen LogP contribution >= 0.6 is 0 Å². The molecular weight excluding hydrogens is 420 g/mol. The first-order valence-electron chi connectivity index (χ1n) is 11.1. The first kappa shape index (κ1) is 22.4. The van der Waals surface area contributed by atoms with Crippen molar-refractivity contribution in [3.8, 4) is 23.5 Å². The van der Waals surface area contributed by atoms with Gasteiger partial charge in [0.1, 0.15) is 18.7 Å². The first-order chi connectivity index (χ1) is 16.0. The molecular formula is C26H26N2O5. The standard InChI is InChI=1S/C26H26N2O5/c1-2-9-22(24(29)28-15-8-7-14-23(28)25(30)31)27-26(32)33-16-21-19-12-5-3-10-17(19)18-11-4-6-13-20(18)21/h1,3-6,10-13,21-23H,7-9,14-16H2,(H,27,32)(H,30,31)/t22?,23-/m1/s1. The molecule has 1 aliphatic heterocycles. The summed E-state index contributed by atoms with van der Waals surface area (Å²) in [7, 11) is 0. The summed E-state index contributed by atoms with van der Waals surface area (Å²) in [5, 5.41) is 12.0. The maximum Gasteiger partial charge on any atom is 0.407 e. The van der Waals surface area contributed by atoms with Crippen LogP contribution in [0.4, 0.5) is 4.79 Å². The number of fused-ring (bicyclic) bond motifs is 3. The lowest BCUT2D eigenvalue weighted by Gasteiger charge is -2.35. The van der Waals surface area contributed by atoms with Gasteiger partial charge in [0.05, 0.1) is 0 Å². The number of piperidine rings is 1. The summed E-state index contributed by atoms with van der Waals surface area (Å²) >= 11 is 0. The summed E-state index contributed by atoms with van der Waals surface area (Å²) in [4.78, 5) is 38.5. The molecule has 2 amide bonds. The number of carbonyl (C=O) groups is 3. The molecule has 2 aromatic carbocycles. The lowest BCUT2D eigenvalue weighted by Crippen LogP contribution is -2.55. The molecule has 170 valence electrons. The minimum Gasteiger partial charge on any atom is -0.480 e. The van der Waals surface area contributed by atoms with Crippen LogP contribution in [0.5, 0.6) is 0 Å². The molecule has 0 radical (unpaired) electrons. The topological polar surface area (TPSA) is 95.9 Å². The second kappa shape index (κ2) is 9.78. The molecule has 33 heavy (non-hydrogen) atoms. The van der Waals surface area contributed by atoms with Crippen LogP contribution < -0.4 is 5.32 Å². The molecule has 0 aromatic heterocycles. The molecule has 0 saturated carbocycles. The number of aliphatic carboxylic acids is 1. The average Bonchev–Trinajstić information content (AvgIpc) is 3.15. The Bertz CT molecular complexity index is 1060. The van der Waals surface area contributed by atoms with E-state index in [1.165, 1.54) is 4.90 Å². The third-order valence-electron chi connectivity index (χ3n) is 6.33. The number of rotatable bonds is 6. The Morgan fingerprint density at radius 3 is 2.33 bits per heavy atom. The molecule has 2 aliphatic rings. The highest BCUT2D eigenvalue weighted by Gasteiger charge is 2.36. The SMILES string of the molecule is C#CCC(NC(=O)OCC1c2ccccc2-c2ccccc21)C(=O)N1CCCC[C@@H]1C(=O)O. The normalized spacial score (nSPS) is 17.9. The maximum atomic E-state index is 13.0. The molecule has 7 nitrogen and oxygen atoms in total. The van der Waals surface area contributed by atoms with E-state index in [1.54, 1.807) is 0 Å². The van der Waals surface area contributed by atoms with Gasteiger partial charge in [-0.1, -0.05) is 48.5 Å². The highest BCUT2D eigenvalue weighted by molar-refractivity contribution is 5.89. The zero-order valence-corrected chi connectivity index (χ0v) is 18.2. The molecule has 0 spiro atoms. The summed E-state index contributed by atoms with van der Waals surface area (Å²) in [5.41, 5.74) is 4.40. The fourth-order valence-electron chi connectivity index (χ4n) is 4.75. The van der Waals surface area contributed by atoms with E-state index in [4.69, 9.17) is 11.2 Å². The van der Waals surface area contributed by atoms with Gasteiger partial charge in [-0.25, -0.2) is 9.59 Å². The number of alkyl carbamates (subject to hydrolysis) is 1. The van der Waals surface area contributed by atoms with Gasteiger partial charge in [0, 0.05) is 18.9 Å². The fraction of sp³-hybridized carbons (Fsp3) is 0.346. The Balaban J connectivity index is 1.43. The molecule has 0 bridgehead atoms. The van der Waals surface area contributed by atoms with Gasteiger partial charge < -0.3 is 20.1 Å². The van der Waals surface area contributed by atoms with Crippen molar-refractivity contribution < 1.29 is 24.2 Å². The molecule has 1 fully saturated rings. The molecule has 1 heterocycles. The highest BCUT2D eigenvalue weighted by Crippen LogP contribution is 2.44. The van der Waals surface area contributed by atoms with Gasteiger partial charge in [-0.3, -0.25) is 4.79 Å². The number of amides is 2. The Morgan fingerprint density at radius 1 is 1.09 bits per heavy atom. The van der Waals surface area contributed by atoms with E-state index in [2.05, 4.69) is 11.2 Å². The summed E-state index contributed by atoms with van der Waals surface area (Å²) in [5.74, 6) is 0.743. The number of benzene rings is 2. The molecule has 1 saturated heterocycles. The largest absolute Gasteiger partial charge is 0.480 e. The Labute approximate surface area is 192 Å². The van der Waals surface area contributed by atoms with Gasteiger partial charge in [-0.05, 0) is 41.5 Å². The average molecular weight is 447 g/mol. The molecule has 7 heteroatoms. The quantitative estimate of drug-likeness (QED) is 0.664. The summed E-state index contributed by atoms with van der Waals surface area (Å²) in [6, 6.07) is 14.1. The Hall–Kier alpha value is -3.79. The molecule has 2 N–H and O–H groups in total. The van der Waals surface area contributed by atoms with Crippen LogP contribution in [0.15, 0.2) is 48.5 Å². The van der Waals surface area contributed by atoms with E-state index >= 15 is 0 Å². The molecule has 4 rings (SSSR count). The van der Waals surface area contributed by atoms with Gasteiger partial charge in [0.25, 0.3) is 0 Å². The number of carboxylic acids is 1. The monoisotopic (exact) mass is 446 g/mol. The molecule has 2 atom stereocenters. The summed E-state index contributed by atoms with van der Waals surface area (Å²) < 4.78 is 5.52. The van der Waals surface area contributed by atoms with Gasteiger partial charge in [-0.15, -0.1) is 12.3 Å². The van der Waals surface area contributed by atoms with Gasteiger partial charge in [-0.2, -0.15) is 0 Å². The van der Waals surface area contributed by atoms with Gasteiger partial charge in [0.2, 0.25) is 5.91 Å². The Morgan fingerprint density at radius 2 is 1.73 bits per heavy atom. The Kier molecular flexibility index (Phi) is 6.64. The third-order valence-corrected chi connectivity index (χ3v) is 6.33. The highest BCUT2D eigenvalue weighted by atomic mass is 16.5. The van der Waals surface area contributed by atoms with Crippen LogP contribution in [-0.4, -0.2) is 53.2 Å². The maximum absolute atomic E-state index is 13.0. The van der Waals surface area contributed by atoms with Crippen molar-refractivity contribution in [1.29, 1.82) is 0 Å². The molecule has 1 aliphatic carbocycles. The van der Waals surface area contributed by atoms with E-state index < -0.39 is 30.1 Å². The predicted molar refractivity (Wildman–Crippen MR) is 122 cm³/mol. The van der Waals surface area contributed by atoms with Gasteiger partial charge in [0.15, 0.2) is 0 Å².